The predicted octanol–water partition coefficient (Wildman–Crippen LogP) is 2.07. The van der Waals surface area contributed by atoms with Gasteiger partial charge in [0.2, 0.25) is 0 Å². The average Bonchev–Trinajstić information content (AvgIpc) is 2.74. The van der Waals surface area contributed by atoms with E-state index in [9.17, 15) is 4.79 Å². The van der Waals surface area contributed by atoms with Crippen LogP contribution in [0.15, 0.2) is 5.38 Å². The Kier molecular flexibility index (Phi) is 6.29. The van der Waals surface area contributed by atoms with Crippen LogP contribution >= 0.6 is 11.3 Å². The molecule has 4 nitrogen and oxygen atoms in total. The Morgan fingerprint density at radius 1 is 1.44 bits per heavy atom. The van der Waals surface area contributed by atoms with Crippen molar-refractivity contribution in [3.8, 4) is 0 Å². The van der Waals surface area contributed by atoms with Crippen LogP contribution < -0.4 is 10.6 Å². The highest BCUT2D eigenvalue weighted by Crippen LogP contribution is 2.14. The van der Waals surface area contributed by atoms with Gasteiger partial charge in [0.05, 0.1) is 5.01 Å². The fourth-order valence-corrected chi connectivity index (χ4v) is 2.60. The van der Waals surface area contributed by atoms with Crippen molar-refractivity contribution in [3.05, 3.63) is 16.1 Å². The minimum absolute atomic E-state index is 0.0778. The summed E-state index contributed by atoms with van der Waals surface area (Å²) in [5, 5.41) is 9.02. The Morgan fingerprint density at radius 2 is 2.17 bits per heavy atom. The van der Waals surface area contributed by atoms with Gasteiger partial charge in [-0.25, -0.2) is 4.98 Å². The normalized spacial score (nSPS) is 12.7. The molecule has 0 bridgehead atoms. The molecule has 2 N–H and O–H groups in total. The Balaban J connectivity index is 2.44. The number of likely N-dealkylation sites (N-methyl/N-ethyl adjacent to an activating group) is 1. The topological polar surface area (TPSA) is 54.0 Å². The summed E-state index contributed by atoms with van der Waals surface area (Å²) in [5.74, 6) is 0.492. The van der Waals surface area contributed by atoms with Gasteiger partial charge in [-0.1, -0.05) is 20.8 Å². The molecule has 0 unspecified atom stereocenters. The molecule has 5 heteroatoms. The van der Waals surface area contributed by atoms with Crippen molar-refractivity contribution in [2.75, 3.05) is 13.1 Å². The summed E-state index contributed by atoms with van der Waals surface area (Å²) in [5.41, 5.74) is 0.541. The summed E-state index contributed by atoms with van der Waals surface area (Å²) in [4.78, 5) is 16.2. The van der Waals surface area contributed by atoms with Crippen LogP contribution in [-0.4, -0.2) is 30.0 Å². The van der Waals surface area contributed by atoms with Gasteiger partial charge in [0.1, 0.15) is 5.69 Å². The molecule has 1 amide bonds. The van der Waals surface area contributed by atoms with Crippen molar-refractivity contribution in [1.82, 2.24) is 15.6 Å². The molecule has 1 atom stereocenters. The van der Waals surface area contributed by atoms with Crippen LogP contribution in [0.4, 0.5) is 0 Å². The Morgan fingerprint density at radius 3 is 2.78 bits per heavy atom. The van der Waals surface area contributed by atoms with E-state index < -0.39 is 0 Å². The van der Waals surface area contributed by atoms with E-state index >= 15 is 0 Å². The molecule has 0 radical (unpaired) electrons. The molecule has 102 valence electrons. The summed E-state index contributed by atoms with van der Waals surface area (Å²) in [6.45, 7) is 9.94. The fourth-order valence-electron chi connectivity index (χ4n) is 1.62. The molecule has 1 aromatic heterocycles. The molecule has 0 aliphatic carbocycles. The number of rotatable bonds is 7. The lowest BCUT2D eigenvalue weighted by Crippen LogP contribution is -2.38. The zero-order chi connectivity index (χ0) is 13.5. The average molecular weight is 269 g/mol. The van der Waals surface area contributed by atoms with E-state index in [1.165, 1.54) is 0 Å². The highest BCUT2D eigenvalue weighted by molar-refractivity contribution is 7.09. The molecule has 1 heterocycles. The van der Waals surface area contributed by atoms with Crippen LogP contribution in [0.3, 0.4) is 0 Å². The van der Waals surface area contributed by atoms with Gasteiger partial charge in [0, 0.05) is 24.4 Å². The zero-order valence-corrected chi connectivity index (χ0v) is 12.4. The number of thiazole rings is 1. The minimum atomic E-state index is -0.0778. The molecule has 0 aliphatic heterocycles. The summed E-state index contributed by atoms with van der Waals surface area (Å²) < 4.78 is 0. The van der Waals surface area contributed by atoms with E-state index in [0.717, 1.165) is 18.0 Å². The molecule has 0 saturated heterocycles. The first-order valence-electron chi connectivity index (χ1n) is 6.48. The number of hydrogen-bond donors (Lipinski definition) is 2. The van der Waals surface area contributed by atoms with Crippen LogP contribution in [0.25, 0.3) is 0 Å². The summed E-state index contributed by atoms with van der Waals surface area (Å²) >= 11 is 1.56. The molecule has 1 rings (SSSR count). The predicted molar refractivity (Wildman–Crippen MR) is 76.1 cm³/mol. The van der Waals surface area contributed by atoms with E-state index in [4.69, 9.17) is 0 Å². The molecule has 18 heavy (non-hydrogen) atoms. The lowest BCUT2D eigenvalue weighted by atomic mass is 10.1. The van der Waals surface area contributed by atoms with E-state index in [2.05, 4.69) is 43.3 Å². The van der Waals surface area contributed by atoms with E-state index in [1.807, 2.05) is 5.38 Å². The van der Waals surface area contributed by atoms with Gasteiger partial charge in [-0.2, -0.15) is 0 Å². The van der Waals surface area contributed by atoms with Crippen LogP contribution in [0.1, 0.15) is 43.2 Å². The van der Waals surface area contributed by atoms with Gasteiger partial charge in [0.25, 0.3) is 5.91 Å². The monoisotopic (exact) mass is 269 g/mol. The zero-order valence-electron chi connectivity index (χ0n) is 11.6. The third-order valence-corrected chi connectivity index (χ3v) is 3.36. The largest absolute Gasteiger partial charge is 0.349 e. The van der Waals surface area contributed by atoms with Crippen molar-refractivity contribution < 1.29 is 4.79 Å². The quantitative estimate of drug-likeness (QED) is 0.797. The van der Waals surface area contributed by atoms with E-state index in [0.29, 0.717) is 18.2 Å². The SMILES string of the molecule is CCN[C@H](C)CNC(=O)c1csc(CC(C)C)n1. The Hall–Kier alpha value is -0.940. The molecule has 0 fully saturated rings. The molecular weight excluding hydrogens is 246 g/mol. The second-order valence-electron chi connectivity index (χ2n) is 4.89. The van der Waals surface area contributed by atoms with Gasteiger partial charge in [-0.05, 0) is 19.4 Å². The second-order valence-corrected chi connectivity index (χ2v) is 5.84. The number of nitrogens with zero attached hydrogens (tertiary/aromatic N) is 1. The van der Waals surface area contributed by atoms with Gasteiger partial charge in [0.15, 0.2) is 0 Å². The molecular formula is C13H23N3OS. The Labute approximate surface area is 113 Å². The molecule has 1 aromatic rings. The number of carbonyl (C=O) groups is 1. The van der Waals surface area contributed by atoms with Gasteiger partial charge in [-0.3, -0.25) is 4.79 Å². The molecule has 0 saturated carbocycles. The van der Waals surface area contributed by atoms with Crippen molar-refractivity contribution in [2.45, 2.75) is 40.2 Å². The maximum atomic E-state index is 11.9. The summed E-state index contributed by atoms with van der Waals surface area (Å²) in [6.07, 6.45) is 0.936. The first-order valence-corrected chi connectivity index (χ1v) is 7.36. The van der Waals surface area contributed by atoms with E-state index in [1.54, 1.807) is 11.3 Å². The number of carbonyl (C=O) groups excluding carboxylic acids is 1. The first-order chi connectivity index (χ1) is 8.52. The summed E-state index contributed by atoms with van der Waals surface area (Å²) in [6, 6.07) is 0.285. The van der Waals surface area contributed by atoms with Crippen LogP contribution in [0.5, 0.6) is 0 Å². The van der Waals surface area contributed by atoms with Gasteiger partial charge in [-0.15, -0.1) is 11.3 Å². The highest BCUT2D eigenvalue weighted by atomic mass is 32.1. The van der Waals surface area contributed by atoms with Crippen LogP contribution in [0.2, 0.25) is 0 Å². The van der Waals surface area contributed by atoms with Crippen molar-refractivity contribution >= 4 is 17.2 Å². The molecule has 0 spiro atoms. The second kappa shape index (κ2) is 7.48. The fraction of sp³-hybridized carbons (Fsp3) is 0.692. The van der Waals surface area contributed by atoms with Gasteiger partial charge >= 0.3 is 0 Å². The van der Waals surface area contributed by atoms with Crippen molar-refractivity contribution in [2.24, 2.45) is 5.92 Å². The van der Waals surface area contributed by atoms with Crippen LogP contribution in [-0.2, 0) is 6.42 Å². The van der Waals surface area contributed by atoms with Crippen LogP contribution in [0, 0.1) is 5.92 Å². The van der Waals surface area contributed by atoms with E-state index in [-0.39, 0.29) is 11.9 Å². The van der Waals surface area contributed by atoms with Crippen molar-refractivity contribution in [1.29, 1.82) is 0 Å². The van der Waals surface area contributed by atoms with Crippen molar-refractivity contribution in [3.63, 3.8) is 0 Å². The van der Waals surface area contributed by atoms with Gasteiger partial charge < -0.3 is 10.6 Å². The Bertz CT molecular complexity index is 376. The number of nitrogens with one attached hydrogen (secondary N) is 2. The maximum absolute atomic E-state index is 11.9. The smallest absolute Gasteiger partial charge is 0.270 e. The number of hydrogen-bond acceptors (Lipinski definition) is 4. The number of aromatic nitrogens is 1. The third-order valence-electron chi connectivity index (χ3n) is 2.49. The highest BCUT2D eigenvalue weighted by Gasteiger charge is 2.12. The maximum Gasteiger partial charge on any atom is 0.270 e. The minimum Gasteiger partial charge on any atom is -0.349 e. The first kappa shape index (κ1) is 15.1. The lowest BCUT2D eigenvalue weighted by molar-refractivity contribution is 0.0945. The molecule has 0 aliphatic rings. The standard InChI is InChI=1S/C13H23N3OS/c1-5-14-10(4)7-15-13(17)11-8-18-12(16-11)6-9(2)3/h8-10,14H,5-7H2,1-4H3,(H,15,17)/t10-/m1/s1. The molecule has 0 aromatic carbocycles. The summed E-state index contributed by atoms with van der Waals surface area (Å²) in [7, 11) is 0. The number of amides is 1. The third kappa shape index (κ3) is 5.14. The lowest BCUT2D eigenvalue weighted by Gasteiger charge is -2.12.